The van der Waals surface area contributed by atoms with Gasteiger partial charge in [-0.25, -0.2) is 4.68 Å². The highest BCUT2D eigenvalue weighted by atomic mass is 19.4. The Kier molecular flexibility index (Phi) is 3.51. The van der Waals surface area contributed by atoms with E-state index in [1.54, 1.807) is 6.92 Å². The fourth-order valence-corrected chi connectivity index (χ4v) is 2.47. The lowest BCUT2D eigenvalue weighted by atomic mass is 10.0. The maximum absolute atomic E-state index is 13.2. The van der Waals surface area contributed by atoms with Gasteiger partial charge < -0.3 is 9.84 Å². The van der Waals surface area contributed by atoms with Crippen molar-refractivity contribution in [1.29, 1.82) is 0 Å². The van der Waals surface area contributed by atoms with Gasteiger partial charge in [0.1, 0.15) is 12.0 Å². The molecule has 2 aromatic heterocycles. The number of aryl methyl sites for hydroxylation is 1. The molecule has 0 saturated heterocycles. The molecule has 1 aliphatic rings. The smallest absolute Gasteiger partial charge is 0.364 e. The van der Waals surface area contributed by atoms with Gasteiger partial charge in [-0.1, -0.05) is 5.16 Å². The lowest BCUT2D eigenvalue weighted by Crippen LogP contribution is -2.38. The van der Waals surface area contributed by atoms with Gasteiger partial charge in [-0.15, -0.1) is 0 Å². The molecule has 3 rings (SSSR count). The van der Waals surface area contributed by atoms with Crippen LogP contribution in [0.1, 0.15) is 28.1 Å². The molecule has 0 amide bonds. The Morgan fingerprint density at radius 1 is 1.41 bits per heavy atom. The summed E-state index contributed by atoms with van der Waals surface area (Å²) in [6, 6.07) is 0. The first-order chi connectivity index (χ1) is 10.4. The summed E-state index contributed by atoms with van der Waals surface area (Å²) in [5.74, 6) is 0. The van der Waals surface area contributed by atoms with Crippen LogP contribution >= 0.6 is 0 Å². The van der Waals surface area contributed by atoms with Crippen LogP contribution in [0.25, 0.3) is 0 Å². The summed E-state index contributed by atoms with van der Waals surface area (Å²) < 4.78 is 45.2. The van der Waals surface area contributed by atoms with Crippen molar-refractivity contribution in [2.45, 2.75) is 32.6 Å². The molecule has 0 aromatic carbocycles. The summed E-state index contributed by atoms with van der Waals surface area (Å²) in [7, 11) is 0. The van der Waals surface area contributed by atoms with Crippen molar-refractivity contribution in [3.8, 4) is 0 Å². The first-order valence-corrected chi connectivity index (χ1v) is 6.68. The van der Waals surface area contributed by atoms with Crippen molar-refractivity contribution < 1.29 is 17.7 Å². The van der Waals surface area contributed by atoms with Crippen LogP contribution in [0.4, 0.5) is 13.2 Å². The Hall–Kier alpha value is -2.16. The SMILES string of the molecule is Cc1conc1Cn1nc(C(F)(F)F)c2c(c1=O)CCNC2. The van der Waals surface area contributed by atoms with Crippen LogP contribution in [0.2, 0.25) is 0 Å². The quantitative estimate of drug-likeness (QED) is 0.903. The number of hydrogen-bond acceptors (Lipinski definition) is 5. The van der Waals surface area contributed by atoms with E-state index in [1.807, 2.05) is 0 Å². The van der Waals surface area contributed by atoms with E-state index < -0.39 is 17.4 Å². The van der Waals surface area contributed by atoms with Gasteiger partial charge in [0.25, 0.3) is 5.56 Å². The van der Waals surface area contributed by atoms with Crippen LogP contribution in [0.5, 0.6) is 0 Å². The Labute approximate surface area is 122 Å². The average Bonchev–Trinajstić information content (AvgIpc) is 2.86. The molecule has 1 aliphatic heterocycles. The second kappa shape index (κ2) is 5.24. The molecule has 0 fully saturated rings. The van der Waals surface area contributed by atoms with Gasteiger partial charge in [-0.3, -0.25) is 4.79 Å². The Morgan fingerprint density at radius 2 is 2.18 bits per heavy atom. The summed E-state index contributed by atoms with van der Waals surface area (Å²) in [4.78, 5) is 12.4. The highest BCUT2D eigenvalue weighted by Crippen LogP contribution is 2.31. The molecule has 0 saturated carbocycles. The maximum Gasteiger partial charge on any atom is 0.435 e. The molecule has 2 aromatic rings. The third-order valence-electron chi connectivity index (χ3n) is 3.63. The van der Waals surface area contributed by atoms with Crippen LogP contribution < -0.4 is 10.9 Å². The van der Waals surface area contributed by atoms with E-state index in [4.69, 9.17) is 4.52 Å². The Morgan fingerprint density at radius 3 is 2.82 bits per heavy atom. The zero-order valence-corrected chi connectivity index (χ0v) is 11.7. The largest absolute Gasteiger partial charge is 0.435 e. The van der Waals surface area contributed by atoms with Crippen LogP contribution in [-0.4, -0.2) is 21.5 Å². The highest BCUT2D eigenvalue weighted by Gasteiger charge is 2.38. The minimum absolute atomic E-state index is 0.00373. The summed E-state index contributed by atoms with van der Waals surface area (Å²) in [5, 5.41) is 10.1. The number of fused-ring (bicyclic) bond motifs is 1. The first-order valence-electron chi connectivity index (χ1n) is 6.68. The zero-order chi connectivity index (χ0) is 15.9. The summed E-state index contributed by atoms with van der Waals surface area (Å²) >= 11 is 0. The molecule has 3 heterocycles. The lowest BCUT2D eigenvalue weighted by molar-refractivity contribution is -0.143. The standard InChI is InChI=1S/C13H13F3N4O2/c1-7-6-22-19-10(7)5-20-12(21)8-2-3-17-4-9(8)11(18-20)13(14,15)16/h6,17H,2-5H2,1H3. The third kappa shape index (κ3) is 2.52. The molecular formula is C13H13F3N4O2. The highest BCUT2D eigenvalue weighted by molar-refractivity contribution is 5.32. The van der Waals surface area contributed by atoms with Gasteiger partial charge in [0.2, 0.25) is 0 Å². The number of aromatic nitrogens is 3. The lowest BCUT2D eigenvalue weighted by Gasteiger charge is -2.21. The molecule has 22 heavy (non-hydrogen) atoms. The van der Waals surface area contributed by atoms with Gasteiger partial charge in [-0.2, -0.15) is 18.3 Å². The van der Waals surface area contributed by atoms with E-state index in [-0.39, 0.29) is 30.6 Å². The van der Waals surface area contributed by atoms with E-state index in [2.05, 4.69) is 15.6 Å². The van der Waals surface area contributed by atoms with E-state index in [1.165, 1.54) is 6.26 Å². The maximum atomic E-state index is 13.2. The molecule has 0 radical (unpaired) electrons. The Balaban J connectivity index is 2.15. The van der Waals surface area contributed by atoms with E-state index in [0.29, 0.717) is 17.8 Å². The van der Waals surface area contributed by atoms with Gasteiger partial charge in [0, 0.05) is 23.2 Å². The summed E-state index contributed by atoms with van der Waals surface area (Å²) in [6.45, 7) is 2.01. The predicted molar refractivity (Wildman–Crippen MR) is 69.3 cm³/mol. The number of halogens is 3. The van der Waals surface area contributed by atoms with Crippen LogP contribution in [0.3, 0.4) is 0 Å². The molecular weight excluding hydrogens is 301 g/mol. The van der Waals surface area contributed by atoms with Gasteiger partial charge >= 0.3 is 6.18 Å². The van der Waals surface area contributed by atoms with Crippen molar-refractivity contribution in [3.05, 3.63) is 44.7 Å². The summed E-state index contributed by atoms with van der Waals surface area (Å²) in [5.41, 5.74) is -0.375. The number of nitrogens with zero attached hydrogens (tertiary/aromatic N) is 3. The van der Waals surface area contributed by atoms with Gasteiger partial charge in [-0.05, 0) is 19.9 Å². The molecule has 118 valence electrons. The fraction of sp³-hybridized carbons (Fsp3) is 0.462. The second-order valence-electron chi connectivity index (χ2n) is 5.14. The zero-order valence-electron chi connectivity index (χ0n) is 11.7. The van der Waals surface area contributed by atoms with Crippen LogP contribution in [-0.2, 0) is 25.7 Å². The van der Waals surface area contributed by atoms with Crippen molar-refractivity contribution >= 4 is 0 Å². The van der Waals surface area contributed by atoms with Crippen molar-refractivity contribution in [2.24, 2.45) is 0 Å². The molecule has 0 spiro atoms. The van der Waals surface area contributed by atoms with Crippen molar-refractivity contribution in [1.82, 2.24) is 20.3 Å². The molecule has 1 N–H and O–H groups in total. The van der Waals surface area contributed by atoms with Crippen LogP contribution in [0, 0.1) is 6.92 Å². The van der Waals surface area contributed by atoms with Crippen molar-refractivity contribution in [3.63, 3.8) is 0 Å². The molecule has 0 bridgehead atoms. The molecule has 0 atom stereocenters. The molecule has 6 nitrogen and oxygen atoms in total. The Bertz CT molecular complexity index is 764. The van der Waals surface area contributed by atoms with Crippen LogP contribution in [0.15, 0.2) is 15.6 Å². The van der Waals surface area contributed by atoms with Crippen molar-refractivity contribution in [2.75, 3.05) is 6.54 Å². The number of alkyl halides is 3. The molecule has 0 aliphatic carbocycles. The normalized spacial score (nSPS) is 14.9. The fourth-order valence-electron chi connectivity index (χ4n) is 2.47. The van der Waals surface area contributed by atoms with Gasteiger partial charge in [0.05, 0.1) is 6.54 Å². The monoisotopic (exact) mass is 314 g/mol. The predicted octanol–water partition coefficient (Wildman–Crippen LogP) is 1.25. The number of hydrogen-bond donors (Lipinski definition) is 1. The minimum Gasteiger partial charge on any atom is -0.364 e. The molecule has 9 heteroatoms. The van der Waals surface area contributed by atoms with E-state index in [9.17, 15) is 18.0 Å². The third-order valence-corrected chi connectivity index (χ3v) is 3.63. The van der Waals surface area contributed by atoms with Gasteiger partial charge in [0.15, 0.2) is 5.69 Å². The van der Waals surface area contributed by atoms with E-state index >= 15 is 0 Å². The summed E-state index contributed by atoms with van der Waals surface area (Å²) in [6.07, 6.45) is -3.00. The second-order valence-corrected chi connectivity index (χ2v) is 5.14. The number of rotatable bonds is 2. The minimum atomic E-state index is -4.61. The van der Waals surface area contributed by atoms with E-state index in [0.717, 1.165) is 4.68 Å². The average molecular weight is 314 g/mol. The molecule has 0 unspecified atom stereocenters. The topological polar surface area (TPSA) is 73.0 Å². The first kappa shape index (κ1) is 14.8. The number of nitrogens with one attached hydrogen (secondary N) is 1.